The van der Waals surface area contributed by atoms with E-state index in [9.17, 15) is 4.79 Å². The number of ether oxygens (including phenoxy) is 1. The van der Waals surface area contributed by atoms with Gasteiger partial charge in [-0.25, -0.2) is 0 Å². The summed E-state index contributed by atoms with van der Waals surface area (Å²) in [5.41, 5.74) is 0. The molecule has 3 heteroatoms. The van der Waals surface area contributed by atoms with Gasteiger partial charge in [-0.3, -0.25) is 4.79 Å². The monoisotopic (exact) mass is 199 g/mol. The van der Waals surface area contributed by atoms with Crippen molar-refractivity contribution in [2.45, 2.75) is 32.6 Å². The van der Waals surface area contributed by atoms with Crippen LogP contribution in [0, 0.1) is 5.92 Å². The van der Waals surface area contributed by atoms with Crippen molar-refractivity contribution < 1.29 is 9.53 Å². The van der Waals surface area contributed by atoms with Gasteiger partial charge >= 0.3 is 5.97 Å². The molecule has 82 valence electrons. The minimum Gasteiger partial charge on any atom is -0.469 e. The molecule has 0 aromatic rings. The Labute approximate surface area is 86.4 Å². The molecule has 1 rings (SSSR count). The Bertz CT molecular complexity index is 182. The summed E-state index contributed by atoms with van der Waals surface area (Å²) in [6, 6.07) is 0. The average Bonchev–Trinajstić information content (AvgIpc) is 2.17. The maximum atomic E-state index is 10.9. The second-order valence-electron chi connectivity index (χ2n) is 4.23. The van der Waals surface area contributed by atoms with E-state index in [0.29, 0.717) is 6.42 Å². The number of esters is 1. The van der Waals surface area contributed by atoms with Crippen LogP contribution in [-0.2, 0) is 9.53 Å². The summed E-state index contributed by atoms with van der Waals surface area (Å²) in [4.78, 5) is 13.3. The van der Waals surface area contributed by atoms with Crippen LogP contribution in [0.2, 0.25) is 0 Å². The first kappa shape index (κ1) is 11.5. The van der Waals surface area contributed by atoms with Crippen molar-refractivity contribution in [3.05, 3.63) is 0 Å². The number of likely N-dealkylation sites (tertiary alicyclic amines) is 1. The van der Waals surface area contributed by atoms with Crippen LogP contribution in [0.25, 0.3) is 0 Å². The van der Waals surface area contributed by atoms with Crippen LogP contribution in [0.15, 0.2) is 0 Å². The Morgan fingerprint density at radius 3 is 3.00 bits per heavy atom. The second kappa shape index (κ2) is 6.02. The maximum absolute atomic E-state index is 10.9. The molecule has 0 radical (unpaired) electrons. The van der Waals surface area contributed by atoms with Crippen molar-refractivity contribution in [1.82, 2.24) is 4.90 Å². The van der Waals surface area contributed by atoms with Crippen molar-refractivity contribution in [1.29, 1.82) is 0 Å². The Balaban J connectivity index is 2.08. The number of carbonyl (C=O) groups excluding carboxylic acids is 1. The van der Waals surface area contributed by atoms with Gasteiger partial charge in [0.1, 0.15) is 0 Å². The third-order valence-corrected chi connectivity index (χ3v) is 2.82. The van der Waals surface area contributed by atoms with Gasteiger partial charge < -0.3 is 9.64 Å². The molecule has 0 N–H and O–H groups in total. The zero-order valence-corrected chi connectivity index (χ0v) is 9.29. The molecule has 1 atom stereocenters. The molecule has 1 fully saturated rings. The number of nitrogens with zero attached hydrogens (tertiary/aromatic N) is 1. The van der Waals surface area contributed by atoms with Gasteiger partial charge in [0.25, 0.3) is 0 Å². The highest BCUT2D eigenvalue weighted by molar-refractivity contribution is 5.69. The van der Waals surface area contributed by atoms with Gasteiger partial charge in [0.2, 0.25) is 0 Å². The van der Waals surface area contributed by atoms with E-state index in [1.807, 2.05) is 0 Å². The summed E-state index contributed by atoms with van der Waals surface area (Å²) in [5.74, 6) is 0.733. The smallest absolute Gasteiger partial charge is 0.305 e. The van der Waals surface area contributed by atoms with E-state index in [2.05, 4.69) is 16.6 Å². The van der Waals surface area contributed by atoms with E-state index in [1.165, 1.54) is 33.0 Å². The van der Waals surface area contributed by atoms with Crippen LogP contribution in [0.1, 0.15) is 32.6 Å². The van der Waals surface area contributed by atoms with Crippen LogP contribution < -0.4 is 0 Å². The number of hydrogen-bond donors (Lipinski definition) is 0. The molecule has 0 aromatic heterocycles. The maximum Gasteiger partial charge on any atom is 0.305 e. The minimum atomic E-state index is -0.0879. The molecule has 1 aliphatic rings. The third kappa shape index (κ3) is 4.09. The molecule has 0 aromatic carbocycles. The summed E-state index contributed by atoms with van der Waals surface area (Å²) in [7, 11) is 1.45. The van der Waals surface area contributed by atoms with Gasteiger partial charge in [0, 0.05) is 13.0 Å². The van der Waals surface area contributed by atoms with E-state index in [1.54, 1.807) is 0 Å². The first-order valence-corrected chi connectivity index (χ1v) is 5.51. The fourth-order valence-corrected chi connectivity index (χ4v) is 2.04. The number of carbonyl (C=O) groups is 1. The molecule has 0 aliphatic carbocycles. The highest BCUT2D eigenvalue weighted by Crippen LogP contribution is 2.15. The van der Waals surface area contributed by atoms with Crippen molar-refractivity contribution in [3.8, 4) is 0 Å². The lowest BCUT2D eigenvalue weighted by Gasteiger charge is -2.30. The van der Waals surface area contributed by atoms with Crippen molar-refractivity contribution in [2.75, 3.05) is 26.7 Å². The van der Waals surface area contributed by atoms with Crippen molar-refractivity contribution >= 4 is 5.97 Å². The van der Waals surface area contributed by atoms with Crippen LogP contribution in [0.5, 0.6) is 0 Å². The van der Waals surface area contributed by atoms with Gasteiger partial charge in [0.15, 0.2) is 0 Å². The Morgan fingerprint density at radius 2 is 2.36 bits per heavy atom. The van der Waals surface area contributed by atoms with Gasteiger partial charge in [0.05, 0.1) is 7.11 Å². The Morgan fingerprint density at radius 1 is 1.57 bits per heavy atom. The quantitative estimate of drug-likeness (QED) is 0.645. The molecule has 0 amide bonds. The molecule has 1 saturated heterocycles. The molecule has 0 saturated carbocycles. The van der Waals surface area contributed by atoms with E-state index in [-0.39, 0.29) is 5.97 Å². The highest BCUT2D eigenvalue weighted by atomic mass is 16.5. The molecular formula is C11H21NO2. The molecule has 0 unspecified atom stereocenters. The minimum absolute atomic E-state index is 0.0879. The van der Waals surface area contributed by atoms with Gasteiger partial charge in [-0.05, 0) is 38.3 Å². The summed E-state index contributed by atoms with van der Waals surface area (Å²) < 4.78 is 4.60. The molecule has 3 nitrogen and oxygen atoms in total. The summed E-state index contributed by atoms with van der Waals surface area (Å²) in [6.07, 6.45) is 4.15. The molecular weight excluding hydrogens is 178 g/mol. The molecule has 0 bridgehead atoms. The van der Waals surface area contributed by atoms with E-state index >= 15 is 0 Å². The zero-order chi connectivity index (χ0) is 10.4. The fourth-order valence-electron chi connectivity index (χ4n) is 2.04. The number of piperidine rings is 1. The first-order valence-electron chi connectivity index (χ1n) is 5.51. The van der Waals surface area contributed by atoms with Gasteiger partial charge in [-0.15, -0.1) is 0 Å². The second-order valence-corrected chi connectivity index (χ2v) is 4.23. The predicted octanol–water partition coefficient (Wildman–Crippen LogP) is 1.67. The lowest BCUT2D eigenvalue weighted by atomic mass is 10.0. The van der Waals surface area contributed by atoms with E-state index in [4.69, 9.17) is 0 Å². The average molecular weight is 199 g/mol. The largest absolute Gasteiger partial charge is 0.469 e. The van der Waals surface area contributed by atoms with Gasteiger partial charge in [-0.2, -0.15) is 0 Å². The van der Waals surface area contributed by atoms with Crippen LogP contribution >= 0.6 is 0 Å². The van der Waals surface area contributed by atoms with E-state index < -0.39 is 0 Å². The normalized spacial score (nSPS) is 23.4. The lowest BCUT2D eigenvalue weighted by Crippen LogP contribution is -2.35. The lowest BCUT2D eigenvalue weighted by molar-refractivity contribution is -0.140. The standard InChI is InChI=1S/C11H21NO2/c1-10-5-3-7-12(9-10)8-4-6-11(13)14-2/h10H,3-9H2,1-2H3/t10-/m0/s1. The highest BCUT2D eigenvalue weighted by Gasteiger charge is 2.15. The van der Waals surface area contributed by atoms with Crippen LogP contribution in [0.3, 0.4) is 0 Å². The third-order valence-electron chi connectivity index (χ3n) is 2.82. The number of methoxy groups -OCH3 is 1. The topological polar surface area (TPSA) is 29.5 Å². The summed E-state index contributed by atoms with van der Waals surface area (Å²) >= 11 is 0. The predicted molar refractivity (Wildman–Crippen MR) is 56.1 cm³/mol. The number of hydrogen-bond acceptors (Lipinski definition) is 3. The molecule has 1 aliphatic heterocycles. The van der Waals surface area contributed by atoms with E-state index in [0.717, 1.165) is 18.9 Å². The molecule has 1 heterocycles. The van der Waals surface area contributed by atoms with Crippen LogP contribution in [0.4, 0.5) is 0 Å². The number of rotatable bonds is 4. The summed E-state index contributed by atoms with van der Waals surface area (Å²) in [6.45, 7) is 5.73. The molecule has 14 heavy (non-hydrogen) atoms. The van der Waals surface area contributed by atoms with Crippen LogP contribution in [-0.4, -0.2) is 37.6 Å². The Kier molecular flexibility index (Phi) is 4.94. The Hall–Kier alpha value is -0.570. The van der Waals surface area contributed by atoms with Gasteiger partial charge in [-0.1, -0.05) is 6.92 Å². The zero-order valence-electron chi connectivity index (χ0n) is 9.29. The molecule has 0 spiro atoms. The SMILES string of the molecule is COC(=O)CCCN1CCC[C@H](C)C1. The summed E-state index contributed by atoms with van der Waals surface area (Å²) in [5, 5.41) is 0. The van der Waals surface area contributed by atoms with Crippen molar-refractivity contribution in [3.63, 3.8) is 0 Å². The first-order chi connectivity index (χ1) is 6.72. The van der Waals surface area contributed by atoms with Crippen molar-refractivity contribution in [2.24, 2.45) is 5.92 Å². The fraction of sp³-hybridized carbons (Fsp3) is 0.909.